The number of nitrogens with two attached hydrogens (primary N) is 1. The van der Waals surface area contributed by atoms with E-state index in [9.17, 15) is 0 Å². The molecule has 1 rings (SSSR count). The predicted molar refractivity (Wildman–Crippen MR) is 60.3 cm³/mol. The first-order valence-electron chi connectivity index (χ1n) is 4.33. The van der Waals surface area contributed by atoms with Gasteiger partial charge in [0.15, 0.2) is 0 Å². The van der Waals surface area contributed by atoms with Crippen LogP contribution in [0.4, 0.5) is 0 Å². The molecule has 1 nitrogen and oxygen atoms in total. The lowest BCUT2D eigenvalue weighted by Gasteiger charge is -2.18. The quantitative estimate of drug-likeness (QED) is 0.740. The van der Waals surface area contributed by atoms with E-state index in [1.54, 1.807) is 0 Å². The van der Waals surface area contributed by atoms with E-state index in [0.717, 1.165) is 0 Å². The van der Waals surface area contributed by atoms with Crippen molar-refractivity contribution in [1.29, 1.82) is 0 Å². The molecule has 1 aromatic rings. The minimum Gasteiger partial charge on any atom is -0.326 e. The second kappa shape index (κ2) is 4.64. The van der Waals surface area contributed by atoms with Crippen molar-refractivity contribution in [1.82, 2.24) is 0 Å². The maximum Gasteiger partial charge on any atom is 0.0178 e. The van der Waals surface area contributed by atoms with Gasteiger partial charge in [0.2, 0.25) is 0 Å². The van der Waals surface area contributed by atoms with Gasteiger partial charge in [0.05, 0.1) is 0 Å². The summed E-state index contributed by atoms with van der Waals surface area (Å²) in [6.07, 6.45) is 0. The van der Waals surface area contributed by atoms with Crippen LogP contribution in [0.5, 0.6) is 0 Å². The van der Waals surface area contributed by atoms with Crippen molar-refractivity contribution >= 4 is 12.4 Å². The minimum atomic E-state index is 0. The SMILES string of the molecule is CC(C)(C)c1ccc(CN)cc1.Cl. The molecule has 0 aliphatic rings. The van der Waals surface area contributed by atoms with Crippen LogP contribution < -0.4 is 5.73 Å². The Morgan fingerprint density at radius 3 is 1.85 bits per heavy atom. The number of halogens is 1. The minimum absolute atomic E-state index is 0. The van der Waals surface area contributed by atoms with Gasteiger partial charge >= 0.3 is 0 Å². The van der Waals surface area contributed by atoms with Crippen LogP contribution in [0.3, 0.4) is 0 Å². The fourth-order valence-electron chi connectivity index (χ4n) is 1.14. The lowest BCUT2D eigenvalue weighted by Crippen LogP contribution is -2.10. The molecule has 0 heterocycles. The zero-order chi connectivity index (χ0) is 9.19. The van der Waals surface area contributed by atoms with E-state index >= 15 is 0 Å². The molecular weight excluding hydrogens is 182 g/mol. The van der Waals surface area contributed by atoms with Gasteiger partial charge < -0.3 is 5.73 Å². The van der Waals surface area contributed by atoms with E-state index in [1.807, 2.05) is 0 Å². The van der Waals surface area contributed by atoms with Gasteiger partial charge in [0.25, 0.3) is 0 Å². The summed E-state index contributed by atoms with van der Waals surface area (Å²) in [5, 5.41) is 0. The van der Waals surface area contributed by atoms with Gasteiger partial charge in [0.1, 0.15) is 0 Å². The summed E-state index contributed by atoms with van der Waals surface area (Å²) in [6.45, 7) is 7.27. The van der Waals surface area contributed by atoms with E-state index < -0.39 is 0 Å². The Morgan fingerprint density at radius 2 is 1.54 bits per heavy atom. The molecule has 0 saturated carbocycles. The number of hydrogen-bond acceptors (Lipinski definition) is 1. The Kier molecular flexibility index (Phi) is 4.45. The largest absolute Gasteiger partial charge is 0.326 e. The first kappa shape index (κ1) is 12.5. The Hall–Kier alpha value is -0.530. The predicted octanol–water partition coefficient (Wildman–Crippen LogP) is 2.86. The monoisotopic (exact) mass is 199 g/mol. The van der Waals surface area contributed by atoms with Crippen LogP contribution in [0.2, 0.25) is 0 Å². The zero-order valence-electron chi connectivity index (χ0n) is 8.50. The van der Waals surface area contributed by atoms with Gasteiger partial charge in [-0.3, -0.25) is 0 Å². The molecule has 0 atom stereocenters. The van der Waals surface area contributed by atoms with Crippen molar-refractivity contribution < 1.29 is 0 Å². The van der Waals surface area contributed by atoms with Crippen LogP contribution in [0, 0.1) is 0 Å². The summed E-state index contributed by atoms with van der Waals surface area (Å²) < 4.78 is 0. The van der Waals surface area contributed by atoms with Crippen LogP contribution in [0.15, 0.2) is 24.3 Å². The first-order valence-corrected chi connectivity index (χ1v) is 4.33. The first-order chi connectivity index (χ1) is 5.54. The van der Waals surface area contributed by atoms with Gasteiger partial charge in [-0.05, 0) is 16.5 Å². The maximum absolute atomic E-state index is 5.51. The maximum atomic E-state index is 5.51. The Morgan fingerprint density at radius 1 is 1.08 bits per heavy atom. The fraction of sp³-hybridized carbons (Fsp3) is 0.455. The summed E-state index contributed by atoms with van der Waals surface area (Å²) >= 11 is 0. The molecule has 0 aromatic heterocycles. The van der Waals surface area contributed by atoms with Gasteiger partial charge in [-0.25, -0.2) is 0 Å². The third-order valence-corrected chi connectivity index (χ3v) is 2.06. The lowest BCUT2D eigenvalue weighted by molar-refractivity contribution is 0.590. The molecule has 0 unspecified atom stereocenters. The molecule has 1 aromatic carbocycles. The number of benzene rings is 1. The van der Waals surface area contributed by atoms with Gasteiger partial charge in [0, 0.05) is 6.54 Å². The molecule has 0 bridgehead atoms. The third kappa shape index (κ3) is 3.37. The number of rotatable bonds is 1. The van der Waals surface area contributed by atoms with Crippen LogP contribution in [-0.2, 0) is 12.0 Å². The van der Waals surface area contributed by atoms with E-state index in [0.29, 0.717) is 6.54 Å². The molecule has 0 spiro atoms. The Bertz CT molecular complexity index is 246. The van der Waals surface area contributed by atoms with Crippen LogP contribution in [-0.4, -0.2) is 0 Å². The van der Waals surface area contributed by atoms with E-state index in [-0.39, 0.29) is 17.8 Å². The summed E-state index contributed by atoms with van der Waals surface area (Å²) in [7, 11) is 0. The highest BCUT2D eigenvalue weighted by Gasteiger charge is 2.12. The third-order valence-electron chi connectivity index (χ3n) is 2.06. The molecule has 2 heteroatoms. The molecule has 74 valence electrons. The summed E-state index contributed by atoms with van der Waals surface area (Å²) in [5.74, 6) is 0. The smallest absolute Gasteiger partial charge is 0.0178 e. The molecule has 13 heavy (non-hydrogen) atoms. The normalized spacial score (nSPS) is 10.8. The highest BCUT2D eigenvalue weighted by atomic mass is 35.5. The molecule has 0 amide bonds. The summed E-state index contributed by atoms with van der Waals surface area (Å²) in [6, 6.07) is 8.51. The molecule has 0 radical (unpaired) electrons. The van der Waals surface area contributed by atoms with Crippen molar-refractivity contribution in [3.8, 4) is 0 Å². The van der Waals surface area contributed by atoms with E-state index in [1.165, 1.54) is 11.1 Å². The second-order valence-corrected chi connectivity index (χ2v) is 4.15. The number of hydrogen-bond donors (Lipinski definition) is 1. The van der Waals surface area contributed by atoms with Crippen molar-refractivity contribution in [2.45, 2.75) is 32.7 Å². The van der Waals surface area contributed by atoms with E-state index in [4.69, 9.17) is 5.73 Å². The fourth-order valence-corrected chi connectivity index (χ4v) is 1.14. The van der Waals surface area contributed by atoms with Crippen molar-refractivity contribution in [3.63, 3.8) is 0 Å². The van der Waals surface area contributed by atoms with Crippen LogP contribution in [0.1, 0.15) is 31.9 Å². The van der Waals surface area contributed by atoms with Crippen molar-refractivity contribution in [2.75, 3.05) is 0 Å². The topological polar surface area (TPSA) is 26.0 Å². The molecule has 0 saturated heterocycles. The second-order valence-electron chi connectivity index (χ2n) is 4.15. The lowest BCUT2D eigenvalue weighted by atomic mass is 9.87. The van der Waals surface area contributed by atoms with Crippen LogP contribution in [0.25, 0.3) is 0 Å². The van der Waals surface area contributed by atoms with Gasteiger partial charge in [-0.15, -0.1) is 12.4 Å². The van der Waals surface area contributed by atoms with Gasteiger partial charge in [-0.2, -0.15) is 0 Å². The average Bonchev–Trinajstić information content (AvgIpc) is 2.03. The molecule has 0 aliphatic heterocycles. The summed E-state index contributed by atoms with van der Waals surface area (Å²) in [5.41, 5.74) is 8.31. The van der Waals surface area contributed by atoms with Crippen molar-refractivity contribution in [3.05, 3.63) is 35.4 Å². The Balaban J connectivity index is 0.00000144. The molecule has 0 fully saturated rings. The standard InChI is InChI=1S/C11H17N.ClH/c1-11(2,3)10-6-4-9(8-12)5-7-10;/h4-7H,8,12H2,1-3H3;1H. The average molecular weight is 200 g/mol. The molecule has 2 N–H and O–H groups in total. The highest BCUT2D eigenvalue weighted by Crippen LogP contribution is 2.21. The molecular formula is C11H18ClN. The Labute approximate surface area is 86.7 Å². The van der Waals surface area contributed by atoms with Crippen molar-refractivity contribution in [2.24, 2.45) is 5.73 Å². The van der Waals surface area contributed by atoms with Crippen LogP contribution >= 0.6 is 12.4 Å². The molecule has 0 aliphatic carbocycles. The van der Waals surface area contributed by atoms with E-state index in [2.05, 4.69) is 45.0 Å². The summed E-state index contributed by atoms with van der Waals surface area (Å²) in [4.78, 5) is 0. The highest BCUT2D eigenvalue weighted by molar-refractivity contribution is 5.85. The zero-order valence-corrected chi connectivity index (χ0v) is 9.32. The van der Waals surface area contributed by atoms with Gasteiger partial charge in [-0.1, -0.05) is 45.0 Å².